The fourth-order valence-corrected chi connectivity index (χ4v) is 4.81. The highest BCUT2D eigenvalue weighted by Gasteiger charge is 2.22. The number of aromatic carboxylic acids is 1. The fourth-order valence-electron chi connectivity index (χ4n) is 3.84. The average molecular weight is 400 g/mol. The minimum absolute atomic E-state index is 0.0408. The lowest BCUT2D eigenvalue weighted by Gasteiger charge is -2.22. The number of rotatable bonds is 5. The Morgan fingerprint density at radius 1 is 1.14 bits per heavy atom. The first-order chi connectivity index (χ1) is 13.6. The van der Waals surface area contributed by atoms with Gasteiger partial charge in [0.05, 0.1) is 7.11 Å². The van der Waals surface area contributed by atoms with Crippen molar-refractivity contribution in [3.8, 4) is 17.2 Å². The smallest absolute Gasteiger partial charge is 0.349 e. The van der Waals surface area contributed by atoms with Crippen molar-refractivity contribution in [3.63, 3.8) is 0 Å². The third-order valence-electron chi connectivity index (χ3n) is 5.29. The molecule has 4 nitrogen and oxygen atoms in total. The molecule has 0 radical (unpaired) electrons. The van der Waals surface area contributed by atoms with Crippen LogP contribution in [0.25, 0.3) is 10.1 Å². The third kappa shape index (κ3) is 3.56. The Labute approximate surface area is 166 Å². The van der Waals surface area contributed by atoms with Crippen molar-refractivity contribution in [2.24, 2.45) is 0 Å². The number of benzene rings is 2. The number of ether oxygens (including phenoxy) is 2. The van der Waals surface area contributed by atoms with E-state index in [-0.39, 0.29) is 16.4 Å². The molecule has 1 saturated carbocycles. The Kier molecular flexibility index (Phi) is 5.22. The van der Waals surface area contributed by atoms with Gasteiger partial charge in [-0.2, -0.15) is 0 Å². The highest BCUT2D eigenvalue weighted by molar-refractivity contribution is 7.21. The molecule has 0 aliphatic heterocycles. The van der Waals surface area contributed by atoms with E-state index in [0.717, 1.165) is 11.3 Å². The van der Waals surface area contributed by atoms with Gasteiger partial charge in [0.1, 0.15) is 5.75 Å². The van der Waals surface area contributed by atoms with E-state index < -0.39 is 11.8 Å². The second-order valence-electron chi connectivity index (χ2n) is 7.05. The van der Waals surface area contributed by atoms with Gasteiger partial charge in [-0.1, -0.05) is 31.4 Å². The molecule has 0 atom stereocenters. The van der Waals surface area contributed by atoms with Crippen LogP contribution in [0.1, 0.15) is 53.3 Å². The Morgan fingerprint density at radius 3 is 2.50 bits per heavy atom. The van der Waals surface area contributed by atoms with Crippen LogP contribution in [0.15, 0.2) is 36.4 Å². The van der Waals surface area contributed by atoms with Crippen molar-refractivity contribution < 1.29 is 23.8 Å². The molecule has 1 aliphatic rings. The summed E-state index contributed by atoms with van der Waals surface area (Å²) in [6.07, 6.45) is 6.27. The Bertz CT molecular complexity index is 1000. The van der Waals surface area contributed by atoms with Crippen LogP contribution in [0, 0.1) is 5.82 Å². The van der Waals surface area contributed by atoms with Gasteiger partial charge in [0.2, 0.25) is 0 Å². The molecular weight excluding hydrogens is 379 g/mol. The Morgan fingerprint density at radius 2 is 1.86 bits per heavy atom. The molecule has 0 saturated heterocycles. The van der Waals surface area contributed by atoms with E-state index in [2.05, 4.69) is 12.1 Å². The molecule has 4 rings (SSSR count). The molecule has 2 aromatic carbocycles. The van der Waals surface area contributed by atoms with Crippen LogP contribution in [-0.2, 0) is 0 Å². The van der Waals surface area contributed by atoms with E-state index in [1.165, 1.54) is 56.9 Å². The molecule has 0 bridgehead atoms. The van der Waals surface area contributed by atoms with Crippen molar-refractivity contribution in [3.05, 3.63) is 52.7 Å². The van der Waals surface area contributed by atoms with Crippen LogP contribution < -0.4 is 9.47 Å². The van der Waals surface area contributed by atoms with Crippen LogP contribution in [0.4, 0.5) is 4.39 Å². The number of carboxylic acid groups (broad SMARTS) is 1. The van der Waals surface area contributed by atoms with Gasteiger partial charge in [-0.25, -0.2) is 9.18 Å². The van der Waals surface area contributed by atoms with E-state index >= 15 is 0 Å². The van der Waals surface area contributed by atoms with E-state index in [9.17, 15) is 14.3 Å². The maximum atomic E-state index is 14.0. The van der Waals surface area contributed by atoms with Crippen LogP contribution in [0.2, 0.25) is 0 Å². The lowest BCUT2D eigenvalue weighted by molar-refractivity contribution is 0.0700. The zero-order valence-corrected chi connectivity index (χ0v) is 16.4. The monoisotopic (exact) mass is 400 g/mol. The van der Waals surface area contributed by atoms with Gasteiger partial charge in [-0.05, 0) is 48.6 Å². The number of halogens is 1. The average Bonchev–Trinajstić information content (AvgIpc) is 3.06. The van der Waals surface area contributed by atoms with Crippen molar-refractivity contribution in [2.75, 3.05) is 7.11 Å². The van der Waals surface area contributed by atoms with Crippen LogP contribution >= 0.6 is 11.3 Å². The van der Waals surface area contributed by atoms with Crippen LogP contribution in [0.5, 0.6) is 17.2 Å². The molecule has 1 N–H and O–H groups in total. The summed E-state index contributed by atoms with van der Waals surface area (Å²) in [5.74, 6) is -0.210. The number of hydrogen-bond acceptors (Lipinski definition) is 4. The van der Waals surface area contributed by atoms with Crippen molar-refractivity contribution in [1.29, 1.82) is 0 Å². The molecule has 1 fully saturated rings. The van der Waals surface area contributed by atoms with Crippen molar-refractivity contribution in [2.45, 2.75) is 38.0 Å². The molecular formula is C22H21FO4S. The number of carbonyl (C=O) groups is 1. The molecule has 0 unspecified atom stereocenters. The highest BCUT2D eigenvalue weighted by Crippen LogP contribution is 2.43. The Hall–Kier alpha value is -2.60. The Balaban J connectivity index is 1.68. The van der Waals surface area contributed by atoms with E-state index in [0.29, 0.717) is 21.8 Å². The second kappa shape index (κ2) is 7.80. The first kappa shape index (κ1) is 18.7. The van der Waals surface area contributed by atoms with Crippen molar-refractivity contribution >= 4 is 27.4 Å². The summed E-state index contributed by atoms with van der Waals surface area (Å²) < 4.78 is 25.5. The fraction of sp³-hybridized carbons (Fsp3) is 0.318. The summed E-state index contributed by atoms with van der Waals surface area (Å²) in [7, 11) is 1.37. The number of fused-ring (bicyclic) bond motifs is 1. The number of methoxy groups -OCH3 is 1. The molecule has 1 heterocycles. The first-order valence-corrected chi connectivity index (χ1v) is 10.2. The van der Waals surface area contributed by atoms with E-state index in [1.54, 1.807) is 0 Å². The molecule has 6 heteroatoms. The molecule has 3 aromatic rings. The number of thiophene rings is 1. The van der Waals surface area contributed by atoms with Crippen LogP contribution in [0.3, 0.4) is 0 Å². The molecule has 28 heavy (non-hydrogen) atoms. The van der Waals surface area contributed by atoms with Gasteiger partial charge < -0.3 is 14.6 Å². The molecule has 1 aliphatic carbocycles. The van der Waals surface area contributed by atoms with Gasteiger partial charge in [0.25, 0.3) is 0 Å². The van der Waals surface area contributed by atoms with Crippen molar-refractivity contribution in [1.82, 2.24) is 0 Å². The summed E-state index contributed by atoms with van der Waals surface area (Å²) in [5, 5.41) is 10.1. The predicted molar refractivity (Wildman–Crippen MR) is 108 cm³/mol. The third-order valence-corrected chi connectivity index (χ3v) is 6.41. The zero-order chi connectivity index (χ0) is 19.7. The summed E-state index contributed by atoms with van der Waals surface area (Å²) >= 11 is 0.990. The number of carboxylic acids is 1. The van der Waals surface area contributed by atoms with Gasteiger partial charge in [0, 0.05) is 10.1 Å². The lowest BCUT2D eigenvalue weighted by Crippen LogP contribution is -2.04. The van der Waals surface area contributed by atoms with E-state index in [1.807, 2.05) is 12.1 Å². The maximum absolute atomic E-state index is 14.0. The zero-order valence-electron chi connectivity index (χ0n) is 15.5. The largest absolute Gasteiger partial charge is 0.494 e. The van der Waals surface area contributed by atoms with E-state index in [4.69, 9.17) is 9.47 Å². The lowest BCUT2D eigenvalue weighted by atomic mass is 9.84. The second-order valence-corrected chi connectivity index (χ2v) is 8.11. The van der Waals surface area contributed by atoms with Crippen LogP contribution in [-0.4, -0.2) is 18.2 Å². The summed E-state index contributed by atoms with van der Waals surface area (Å²) in [5.41, 5.74) is 1.30. The minimum Gasteiger partial charge on any atom is -0.494 e. The summed E-state index contributed by atoms with van der Waals surface area (Å²) in [4.78, 5) is 11.7. The SMILES string of the molecule is COc1cc2c(Oc3ccc(C4CCCCC4)cc3)c(C(=O)O)sc2cc1F. The summed E-state index contributed by atoms with van der Waals surface area (Å²) in [6, 6.07) is 10.6. The first-order valence-electron chi connectivity index (χ1n) is 9.38. The molecule has 0 amide bonds. The molecule has 0 spiro atoms. The standard InChI is InChI=1S/C22H21FO4S/c1-26-18-11-16-19(12-17(18)23)28-21(22(24)25)20(16)27-15-9-7-14(8-10-15)13-5-3-2-4-6-13/h7-13H,2-6H2,1H3,(H,24,25). The quantitative estimate of drug-likeness (QED) is 0.525. The molecule has 146 valence electrons. The maximum Gasteiger partial charge on any atom is 0.349 e. The molecule has 1 aromatic heterocycles. The van der Waals surface area contributed by atoms with Gasteiger partial charge in [-0.3, -0.25) is 0 Å². The van der Waals surface area contributed by atoms with Gasteiger partial charge in [0.15, 0.2) is 22.2 Å². The van der Waals surface area contributed by atoms with Gasteiger partial charge >= 0.3 is 5.97 Å². The summed E-state index contributed by atoms with van der Waals surface area (Å²) in [6.45, 7) is 0. The van der Waals surface area contributed by atoms with Gasteiger partial charge in [-0.15, -0.1) is 11.3 Å². The predicted octanol–water partition coefficient (Wildman–Crippen LogP) is 6.59. The normalized spacial score (nSPS) is 14.9. The minimum atomic E-state index is -1.10. The number of hydrogen-bond donors (Lipinski definition) is 1. The topological polar surface area (TPSA) is 55.8 Å². The highest BCUT2D eigenvalue weighted by atomic mass is 32.1.